The van der Waals surface area contributed by atoms with Crippen LogP contribution in [0.1, 0.15) is 23.7 Å². The van der Waals surface area contributed by atoms with E-state index < -0.39 is 12.1 Å². The number of methoxy groups -OCH3 is 3. The zero-order valence-corrected chi connectivity index (χ0v) is 19.5. The van der Waals surface area contributed by atoms with Gasteiger partial charge in [-0.3, -0.25) is 9.59 Å². The zero-order valence-electron chi connectivity index (χ0n) is 19.5. The van der Waals surface area contributed by atoms with Crippen LogP contribution < -0.4 is 19.5 Å². The first-order chi connectivity index (χ1) is 16.0. The Bertz CT molecular complexity index is 818. The van der Waals surface area contributed by atoms with Crippen molar-refractivity contribution in [3.05, 3.63) is 17.7 Å². The normalized spacial score (nSPS) is 13.3. The largest absolute Gasteiger partial charge is 0.493 e. The molecule has 0 aliphatic carbocycles. The number of alkyl halides is 3. The maximum atomic E-state index is 12.9. The quantitative estimate of drug-likeness (QED) is 0.561. The molecule has 2 rings (SSSR count). The van der Waals surface area contributed by atoms with Crippen LogP contribution in [0.4, 0.5) is 13.2 Å². The van der Waals surface area contributed by atoms with Gasteiger partial charge in [-0.2, -0.15) is 13.2 Å². The van der Waals surface area contributed by atoms with Crippen molar-refractivity contribution in [1.29, 1.82) is 0 Å². The lowest BCUT2D eigenvalue weighted by Gasteiger charge is -2.29. The van der Waals surface area contributed by atoms with Gasteiger partial charge in [0.05, 0.1) is 21.3 Å². The first-order valence-corrected chi connectivity index (χ1v) is 10.4. The highest BCUT2D eigenvalue weighted by atomic mass is 19.4. The molecule has 0 saturated carbocycles. The number of rotatable bonds is 8. The average Bonchev–Trinajstić information content (AvgIpc) is 2.83. The van der Waals surface area contributed by atoms with Crippen LogP contribution in [0.3, 0.4) is 0 Å². The van der Waals surface area contributed by atoms with Crippen molar-refractivity contribution in [2.45, 2.75) is 19.5 Å². The van der Waals surface area contributed by atoms with Gasteiger partial charge in [-0.25, -0.2) is 4.79 Å². The summed E-state index contributed by atoms with van der Waals surface area (Å²) in [5.74, 6) is -1.57. The van der Waals surface area contributed by atoms with E-state index in [0.717, 1.165) is 13.1 Å². The highest BCUT2D eigenvalue weighted by Gasteiger charge is 2.38. The summed E-state index contributed by atoms with van der Waals surface area (Å²) in [4.78, 5) is 37.7. The molecule has 0 aromatic heterocycles. The van der Waals surface area contributed by atoms with Gasteiger partial charge in [0.2, 0.25) is 11.7 Å². The molecule has 0 radical (unpaired) electrons. The molecule has 1 aromatic rings. The highest BCUT2D eigenvalue weighted by Crippen LogP contribution is 2.38. The van der Waals surface area contributed by atoms with Crippen LogP contribution in [0.5, 0.6) is 17.2 Å². The van der Waals surface area contributed by atoms with Crippen molar-refractivity contribution in [2.75, 3.05) is 60.6 Å². The van der Waals surface area contributed by atoms with E-state index in [1.54, 1.807) is 17.0 Å². The number of ether oxygens (including phenoxy) is 3. The predicted molar refractivity (Wildman–Crippen MR) is 115 cm³/mol. The summed E-state index contributed by atoms with van der Waals surface area (Å²) in [7, 11) is 4.53. The number of carbonyl (C=O) groups excluding carboxylic acids is 2. The van der Waals surface area contributed by atoms with Gasteiger partial charge in [-0.05, 0) is 19.1 Å². The summed E-state index contributed by atoms with van der Waals surface area (Å²) in [5.41, 5.74) is 0.431. The monoisotopic (exact) mass is 493 g/mol. The van der Waals surface area contributed by atoms with Crippen molar-refractivity contribution < 1.29 is 46.9 Å². The van der Waals surface area contributed by atoms with E-state index in [2.05, 4.69) is 5.32 Å². The summed E-state index contributed by atoms with van der Waals surface area (Å²) in [6, 6.07) is 3.26. The Labute approximate surface area is 195 Å². The Hall–Kier alpha value is -3.22. The number of piperazine rings is 1. The molecule has 1 saturated heterocycles. The maximum Gasteiger partial charge on any atom is 0.490 e. The van der Waals surface area contributed by atoms with Gasteiger partial charge in [0.15, 0.2) is 11.5 Å². The van der Waals surface area contributed by atoms with Gasteiger partial charge in [0, 0.05) is 51.3 Å². The summed E-state index contributed by atoms with van der Waals surface area (Å²) >= 11 is 0. The minimum absolute atomic E-state index is 0.0765. The van der Waals surface area contributed by atoms with Crippen LogP contribution in [0.25, 0.3) is 0 Å². The number of carboxylic acids is 1. The number of carbonyl (C=O) groups is 3. The molecule has 10 nitrogen and oxygen atoms in total. The number of aliphatic carboxylic acids is 1. The second kappa shape index (κ2) is 13.5. The fourth-order valence-electron chi connectivity index (χ4n) is 3.09. The number of benzene rings is 1. The summed E-state index contributed by atoms with van der Waals surface area (Å²) in [5, 5.41) is 10.3. The second-order valence-electron chi connectivity index (χ2n) is 6.98. The standard InChI is InChI=1S/C19H29N3O5.C2HF3O2/c1-5-21(9-6-17(23)22-10-7-20-8-11-22)19(24)14-12-15(25-2)18(27-4)16(13-14)26-3;3-2(4,5)1(6)7/h12-13,20H,5-11H2,1-4H3;(H,6,7). The number of carboxylic acid groups (broad SMARTS) is 1. The Balaban J connectivity index is 0.000000718. The molecule has 13 heteroatoms. The topological polar surface area (TPSA) is 118 Å². The van der Waals surface area contributed by atoms with Gasteiger partial charge in [-0.15, -0.1) is 0 Å². The molecule has 1 heterocycles. The molecule has 0 atom stereocenters. The fraction of sp³-hybridized carbons (Fsp3) is 0.571. The first-order valence-electron chi connectivity index (χ1n) is 10.4. The molecule has 34 heavy (non-hydrogen) atoms. The van der Waals surface area contributed by atoms with E-state index in [9.17, 15) is 22.8 Å². The van der Waals surface area contributed by atoms with Gasteiger partial charge in [0.25, 0.3) is 5.91 Å². The van der Waals surface area contributed by atoms with Crippen LogP contribution >= 0.6 is 0 Å². The molecule has 1 aliphatic heterocycles. The summed E-state index contributed by atoms with van der Waals surface area (Å²) < 4.78 is 47.7. The minimum atomic E-state index is -5.08. The van der Waals surface area contributed by atoms with Crippen LogP contribution in [0.15, 0.2) is 12.1 Å². The smallest absolute Gasteiger partial charge is 0.490 e. The van der Waals surface area contributed by atoms with Crippen LogP contribution in [0.2, 0.25) is 0 Å². The molecule has 0 bridgehead atoms. The SMILES string of the molecule is CCN(CCC(=O)N1CCNCC1)C(=O)c1cc(OC)c(OC)c(OC)c1.O=C(O)C(F)(F)F. The van der Waals surface area contributed by atoms with E-state index in [1.807, 2.05) is 11.8 Å². The molecule has 1 aromatic carbocycles. The maximum absolute atomic E-state index is 12.9. The third-order valence-electron chi connectivity index (χ3n) is 4.89. The Morgan fingerprint density at radius 1 is 1.06 bits per heavy atom. The molecule has 2 N–H and O–H groups in total. The fourth-order valence-corrected chi connectivity index (χ4v) is 3.09. The Kier molecular flexibility index (Phi) is 11.4. The van der Waals surface area contributed by atoms with Crippen LogP contribution in [0, 0.1) is 0 Å². The number of nitrogens with zero attached hydrogens (tertiary/aromatic N) is 2. The van der Waals surface area contributed by atoms with E-state index in [0.29, 0.717) is 55.4 Å². The van der Waals surface area contributed by atoms with Crippen molar-refractivity contribution >= 4 is 17.8 Å². The van der Waals surface area contributed by atoms with Gasteiger partial charge < -0.3 is 34.4 Å². The van der Waals surface area contributed by atoms with Crippen LogP contribution in [-0.4, -0.2) is 99.5 Å². The number of hydrogen-bond acceptors (Lipinski definition) is 7. The summed E-state index contributed by atoms with van der Waals surface area (Å²) in [6.07, 6.45) is -4.77. The molecular formula is C21H30F3N3O7. The summed E-state index contributed by atoms with van der Waals surface area (Å²) in [6.45, 7) is 5.82. The molecular weight excluding hydrogens is 463 g/mol. The molecule has 192 valence electrons. The Morgan fingerprint density at radius 2 is 1.56 bits per heavy atom. The number of hydrogen-bond donors (Lipinski definition) is 2. The third kappa shape index (κ3) is 8.28. The lowest BCUT2D eigenvalue weighted by molar-refractivity contribution is -0.192. The molecule has 1 fully saturated rings. The minimum Gasteiger partial charge on any atom is -0.493 e. The molecule has 2 amide bonds. The molecule has 0 unspecified atom stereocenters. The number of halogens is 3. The van der Waals surface area contributed by atoms with Crippen molar-refractivity contribution in [3.8, 4) is 17.2 Å². The Morgan fingerprint density at radius 3 is 1.94 bits per heavy atom. The van der Waals surface area contributed by atoms with Gasteiger partial charge in [-0.1, -0.05) is 0 Å². The number of amides is 2. The average molecular weight is 493 g/mol. The van der Waals surface area contributed by atoms with E-state index in [4.69, 9.17) is 24.1 Å². The van der Waals surface area contributed by atoms with E-state index in [1.165, 1.54) is 21.3 Å². The van der Waals surface area contributed by atoms with E-state index in [-0.39, 0.29) is 11.8 Å². The highest BCUT2D eigenvalue weighted by molar-refractivity contribution is 5.96. The van der Waals surface area contributed by atoms with Crippen LogP contribution in [-0.2, 0) is 9.59 Å². The number of nitrogens with one attached hydrogen (secondary N) is 1. The van der Waals surface area contributed by atoms with Crippen molar-refractivity contribution in [1.82, 2.24) is 15.1 Å². The third-order valence-corrected chi connectivity index (χ3v) is 4.89. The van der Waals surface area contributed by atoms with Crippen molar-refractivity contribution in [2.24, 2.45) is 0 Å². The molecule has 0 spiro atoms. The van der Waals surface area contributed by atoms with Crippen molar-refractivity contribution in [3.63, 3.8) is 0 Å². The zero-order chi connectivity index (χ0) is 25.9. The lowest BCUT2D eigenvalue weighted by Crippen LogP contribution is -2.47. The van der Waals surface area contributed by atoms with Gasteiger partial charge >= 0.3 is 12.1 Å². The lowest BCUT2D eigenvalue weighted by atomic mass is 10.1. The second-order valence-corrected chi connectivity index (χ2v) is 6.98. The molecule has 1 aliphatic rings. The van der Waals surface area contributed by atoms with Gasteiger partial charge in [0.1, 0.15) is 0 Å². The van der Waals surface area contributed by atoms with E-state index >= 15 is 0 Å². The predicted octanol–water partition coefficient (Wildman–Crippen LogP) is 1.63. The first kappa shape index (κ1) is 28.8.